The summed E-state index contributed by atoms with van der Waals surface area (Å²) in [5.74, 6) is -0.462. The first-order chi connectivity index (χ1) is 15.6. The molecule has 0 radical (unpaired) electrons. The molecule has 2 amide bonds. The van der Waals surface area contributed by atoms with E-state index in [9.17, 15) is 28.1 Å². The number of para-hydroxylation sites is 1. The molecular weight excluding hydrogens is 454 g/mol. The van der Waals surface area contributed by atoms with Crippen LogP contribution < -0.4 is 10.0 Å². The van der Waals surface area contributed by atoms with Crippen LogP contribution in [0.1, 0.15) is 16.1 Å². The molecule has 1 aromatic heterocycles. The van der Waals surface area contributed by atoms with Gasteiger partial charge in [-0.2, -0.15) is 0 Å². The number of likely N-dealkylation sites (N-methyl/N-ethyl adjacent to an activating group) is 1. The maximum absolute atomic E-state index is 12.9. The number of aryl methyl sites for hydroxylation is 1. The molecule has 0 bridgehead atoms. The summed E-state index contributed by atoms with van der Waals surface area (Å²) in [6.07, 6.45) is 0. The third kappa shape index (κ3) is 5.71. The van der Waals surface area contributed by atoms with Crippen molar-refractivity contribution in [3.05, 3.63) is 76.0 Å². The van der Waals surface area contributed by atoms with Crippen LogP contribution in [0.15, 0.2) is 64.0 Å². The van der Waals surface area contributed by atoms with E-state index in [1.54, 1.807) is 6.92 Å². The molecule has 12 nitrogen and oxygen atoms in total. The lowest BCUT2D eigenvalue weighted by atomic mass is 10.1. The third-order valence-electron chi connectivity index (χ3n) is 4.36. The number of nitrogens with zero attached hydrogens (tertiary/aromatic N) is 3. The van der Waals surface area contributed by atoms with Crippen LogP contribution in [0.4, 0.5) is 17.2 Å². The van der Waals surface area contributed by atoms with Gasteiger partial charge < -0.3 is 14.7 Å². The topological polar surface area (TPSA) is 165 Å². The molecule has 0 aliphatic rings. The van der Waals surface area contributed by atoms with Crippen molar-refractivity contribution in [1.29, 1.82) is 0 Å². The predicted molar refractivity (Wildman–Crippen MR) is 117 cm³/mol. The number of benzene rings is 2. The predicted octanol–water partition coefficient (Wildman–Crippen LogP) is 2.40. The SMILES string of the molecule is Cc1cc(NC(=O)CN(C)C(=O)c2ccccc2NS(=O)(=O)c2cccc([N+](=O)[O-])c2)no1. The summed E-state index contributed by atoms with van der Waals surface area (Å²) in [4.78, 5) is 36.1. The Bertz CT molecular complexity index is 1320. The van der Waals surface area contributed by atoms with E-state index in [2.05, 4.69) is 15.2 Å². The van der Waals surface area contributed by atoms with Crippen LogP contribution in [0.3, 0.4) is 0 Å². The molecule has 3 rings (SSSR count). The van der Waals surface area contributed by atoms with E-state index in [0.29, 0.717) is 5.76 Å². The highest BCUT2D eigenvalue weighted by atomic mass is 32.2. The summed E-state index contributed by atoms with van der Waals surface area (Å²) in [6.45, 7) is 1.32. The molecule has 0 saturated carbocycles. The first-order valence-electron chi connectivity index (χ1n) is 9.42. The van der Waals surface area contributed by atoms with Crippen molar-refractivity contribution in [3.8, 4) is 0 Å². The van der Waals surface area contributed by atoms with Gasteiger partial charge in [-0.25, -0.2) is 8.42 Å². The number of hydrogen-bond donors (Lipinski definition) is 2. The minimum Gasteiger partial charge on any atom is -0.360 e. The van der Waals surface area contributed by atoms with Crippen molar-refractivity contribution in [1.82, 2.24) is 10.1 Å². The number of carbonyl (C=O) groups excluding carboxylic acids is 2. The zero-order chi connectivity index (χ0) is 24.2. The highest BCUT2D eigenvalue weighted by Crippen LogP contribution is 2.23. The number of rotatable bonds is 8. The fourth-order valence-corrected chi connectivity index (χ4v) is 3.95. The van der Waals surface area contributed by atoms with E-state index < -0.39 is 32.4 Å². The lowest BCUT2D eigenvalue weighted by Crippen LogP contribution is -2.35. The number of amides is 2. The molecule has 0 aliphatic heterocycles. The van der Waals surface area contributed by atoms with Gasteiger partial charge in [0.25, 0.3) is 21.6 Å². The highest BCUT2D eigenvalue weighted by Gasteiger charge is 2.23. The first-order valence-corrected chi connectivity index (χ1v) is 10.9. The van der Waals surface area contributed by atoms with Crippen molar-refractivity contribution in [3.63, 3.8) is 0 Å². The normalized spacial score (nSPS) is 11.0. The van der Waals surface area contributed by atoms with Crippen LogP contribution in [0.25, 0.3) is 0 Å². The van der Waals surface area contributed by atoms with Crippen LogP contribution in [0.2, 0.25) is 0 Å². The van der Waals surface area contributed by atoms with E-state index in [1.807, 2.05) is 0 Å². The molecule has 13 heteroatoms. The van der Waals surface area contributed by atoms with Crippen molar-refractivity contribution < 1.29 is 27.5 Å². The van der Waals surface area contributed by atoms with Gasteiger partial charge in [-0.05, 0) is 25.1 Å². The number of non-ortho nitro benzene ring substituents is 1. The molecule has 0 saturated heterocycles. The standard InChI is InChI=1S/C20H19N5O7S/c1-13-10-18(22-32-13)21-19(26)12-24(2)20(27)16-8-3-4-9-17(16)23-33(30,31)15-7-5-6-14(11-15)25(28)29/h3-11,23H,12H2,1-2H3,(H,21,22,26). The van der Waals surface area contributed by atoms with Gasteiger partial charge in [-0.15, -0.1) is 0 Å². The largest absolute Gasteiger partial charge is 0.360 e. The van der Waals surface area contributed by atoms with Gasteiger partial charge in [0.1, 0.15) is 5.76 Å². The maximum atomic E-state index is 12.9. The van der Waals surface area contributed by atoms with Crippen molar-refractivity contribution in [2.45, 2.75) is 11.8 Å². The van der Waals surface area contributed by atoms with Gasteiger partial charge in [0.2, 0.25) is 5.91 Å². The van der Waals surface area contributed by atoms with E-state index in [4.69, 9.17) is 4.52 Å². The van der Waals surface area contributed by atoms with E-state index in [0.717, 1.165) is 17.0 Å². The molecule has 2 N–H and O–H groups in total. The summed E-state index contributed by atoms with van der Waals surface area (Å²) < 4.78 is 32.7. The molecule has 1 heterocycles. The second-order valence-electron chi connectivity index (χ2n) is 6.94. The summed E-state index contributed by atoms with van der Waals surface area (Å²) >= 11 is 0. The molecule has 0 unspecified atom stereocenters. The number of sulfonamides is 1. The van der Waals surface area contributed by atoms with Gasteiger partial charge in [0, 0.05) is 25.2 Å². The fourth-order valence-electron chi connectivity index (χ4n) is 2.83. The number of aromatic nitrogens is 1. The Morgan fingerprint density at radius 1 is 1.15 bits per heavy atom. The van der Waals surface area contributed by atoms with E-state index in [1.165, 1.54) is 49.5 Å². The van der Waals surface area contributed by atoms with Crippen LogP contribution in [-0.4, -0.2) is 48.8 Å². The van der Waals surface area contributed by atoms with Crippen LogP contribution in [0, 0.1) is 17.0 Å². The van der Waals surface area contributed by atoms with Crippen LogP contribution in [0.5, 0.6) is 0 Å². The third-order valence-corrected chi connectivity index (χ3v) is 5.73. The van der Waals surface area contributed by atoms with Crippen molar-refractivity contribution in [2.75, 3.05) is 23.6 Å². The Labute approximate surface area is 188 Å². The van der Waals surface area contributed by atoms with E-state index in [-0.39, 0.29) is 28.5 Å². The summed E-state index contributed by atoms with van der Waals surface area (Å²) in [6, 6.07) is 11.8. The zero-order valence-corrected chi connectivity index (χ0v) is 18.3. The zero-order valence-electron chi connectivity index (χ0n) is 17.5. The fraction of sp³-hybridized carbons (Fsp3) is 0.150. The molecule has 0 atom stereocenters. The quantitative estimate of drug-likeness (QED) is 0.372. The van der Waals surface area contributed by atoms with Crippen LogP contribution in [-0.2, 0) is 14.8 Å². The highest BCUT2D eigenvalue weighted by molar-refractivity contribution is 7.92. The number of hydrogen-bond acceptors (Lipinski definition) is 8. The molecule has 0 aliphatic carbocycles. The minimum atomic E-state index is -4.24. The Morgan fingerprint density at radius 2 is 1.88 bits per heavy atom. The second kappa shape index (κ2) is 9.48. The van der Waals surface area contributed by atoms with Crippen molar-refractivity contribution >= 4 is 39.0 Å². The lowest BCUT2D eigenvalue weighted by Gasteiger charge is -2.19. The molecule has 2 aromatic carbocycles. The molecule has 0 spiro atoms. The van der Waals surface area contributed by atoms with Gasteiger partial charge in [-0.3, -0.25) is 24.4 Å². The smallest absolute Gasteiger partial charge is 0.270 e. The molecule has 3 aromatic rings. The number of anilines is 2. The average Bonchev–Trinajstić information content (AvgIpc) is 3.17. The molecular formula is C20H19N5O7S. The van der Waals surface area contributed by atoms with Crippen molar-refractivity contribution in [2.24, 2.45) is 0 Å². The van der Waals surface area contributed by atoms with Gasteiger partial charge in [0.05, 0.1) is 27.6 Å². The lowest BCUT2D eigenvalue weighted by molar-refractivity contribution is -0.385. The Morgan fingerprint density at radius 3 is 2.55 bits per heavy atom. The second-order valence-corrected chi connectivity index (χ2v) is 8.62. The van der Waals surface area contributed by atoms with Gasteiger partial charge in [-0.1, -0.05) is 23.4 Å². The van der Waals surface area contributed by atoms with Gasteiger partial charge >= 0.3 is 0 Å². The number of nitro benzene ring substituents is 1. The summed E-state index contributed by atoms with van der Waals surface area (Å²) in [5.41, 5.74) is -0.456. The first kappa shape index (κ1) is 23.4. The molecule has 172 valence electrons. The summed E-state index contributed by atoms with van der Waals surface area (Å²) in [5, 5.41) is 17.1. The Hall–Kier alpha value is -4.26. The maximum Gasteiger partial charge on any atom is 0.270 e. The van der Waals surface area contributed by atoms with Crippen LogP contribution >= 0.6 is 0 Å². The summed E-state index contributed by atoms with van der Waals surface area (Å²) in [7, 11) is -2.86. The molecule has 33 heavy (non-hydrogen) atoms. The number of nitro groups is 1. The van der Waals surface area contributed by atoms with E-state index >= 15 is 0 Å². The van der Waals surface area contributed by atoms with Gasteiger partial charge in [0.15, 0.2) is 5.82 Å². The minimum absolute atomic E-state index is 0.0147. The monoisotopic (exact) mass is 473 g/mol. The average molecular weight is 473 g/mol. The number of carbonyl (C=O) groups is 2. The Balaban J connectivity index is 1.77. The number of nitrogens with one attached hydrogen (secondary N) is 2. The molecule has 0 fully saturated rings. The Kier molecular flexibility index (Phi) is 6.72.